The Kier molecular flexibility index (Phi) is 30.9. The second-order valence-electron chi connectivity index (χ2n) is 21.7. The smallest absolute Gasteiger partial charge is 0.306 e. The van der Waals surface area contributed by atoms with Gasteiger partial charge in [0.25, 0.3) is 0 Å². The highest BCUT2D eigenvalue weighted by Gasteiger charge is 2.50. The number of nitrogens with one attached hydrogen (secondary N) is 1. The highest BCUT2D eigenvalue weighted by atomic mass is 28.4. The number of hydrogen-bond donors (Lipinski definition) is 2. The van der Waals surface area contributed by atoms with Gasteiger partial charge in [-0.3, -0.25) is 9.59 Å². The van der Waals surface area contributed by atoms with Crippen molar-refractivity contribution in [2.75, 3.05) is 20.0 Å². The fraction of sp³-hybridized carbons (Fsp3) is 0.849. The first-order valence-corrected chi connectivity index (χ1v) is 32.9. The Morgan fingerprint density at radius 2 is 1.31 bits per heavy atom. The second kappa shape index (κ2) is 33.8. The first-order chi connectivity index (χ1) is 31.0. The number of carbonyl (C=O) groups is 2. The average Bonchev–Trinajstić information content (AvgIpc) is 3.24. The number of unbranched alkanes of at least 4 members (excludes halogenated alkanes) is 18. The summed E-state index contributed by atoms with van der Waals surface area (Å²) in [7, 11) is -3.52. The van der Waals surface area contributed by atoms with E-state index in [-0.39, 0.29) is 49.9 Å². The topological polar surface area (TPSA) is 122 Å². The monoisotopic (exact) mass is 950 g/mol. The summed E-state index contributed by atoms with van der Waals surface area (Å²) < 4.78 is 38.0. The van der Waals surface area contributed by atoms with Gasteiger partial charge in [-0.15, -0.1) is 0 Å². The van der Waals surface area contributed by atoms with Crippen LogP contribution in [0.5, 0.6) is 0 Å². The van der Waals surface area contributed by atoms with E-state index in [0.717, 1.165) is 43.7 Å². The van der Waals surface area contributed by atoms with Crippen molar-refractivity contribution in [3.05, 3.63) is 35.9 Å². The number of aliphatic hydroxyl groups is 1. The molecule has 1 aliphatic rings. The molecule has 2 N–H and O–H groups in total. The van der Waals surface area contributed by atoms with Gasteiger partial charge < -0.3 is 38.5 Å². The predicted octanol–water partition coefficient (Wildman–Crippen LogP) is 13.4. The molecular weight excluding hydrogens is 851 g/mol. The third-order valence-electron chi connectivity index (χ3n) is 13.4. The quantitative estimate of drug-likeness (QED) is 0.0289. The number of esters is 1. The minimum Gasteiger partial charge on any atom is -0.457 e. The van der Waals surface area contributed by atoms with Gasteiger partial charge in [0.1, 0.15) is 25.0 Å². The number of amides is 1. The van der Waals surface area contributed by atoms with E-state index in [0.29, 0.717) is 13.0 Å². The molecule has 65 heavy (non-hydrogen) atoms. The molecule has 10 nitrogen and oxygen atoms in total. The van der Waals surface area contributed by atoms with Gasteiger partial charge in [-0.1, -0.05) is 207 Å². The number of benzene rings is 1. The van der Waals surface area contributed by atoms with Gasteiger partial charge in [-0.05, 0) is 42.6 Å². The van der Waals surface area contributed by atoms with Crippen LogP contribution in [0.2, 0.25) is 43.8 Å². The number of ether oxygens (including phenoxy) is 5. The van der Waals surface area contributed by atoms with Crippen molar-refractivity contribution in [1.29, 1.82) is 0 Å². The summed E-state index contributed by atoms with van der Waals surface area (Å²) in [5, 5.41) is 15.1. The maximum atomic E-state index is 14.2. The Bertz CT molecular complexity index is 1350. The molecule has 1 heterocycles. The molecule has 0 spiro atoms. The van der Waals surface area contributed by atoms with Gasteiger partial charge in [0.05, 0.1) is 25.7 Å². The van der Waals surface area contributed by atoms with Gasteiger partial charge in [-0.2, -0.15) is 0 Å². The lowest BCUT2D eigenvalue weighted by molar-refractivity contribution is -0.276. The fourth-order valence-electron chi connectivity index (χ4n) is 7.85. The summed E-state index contributed by atoms with van der Waals surface area (Å²) in [4.78, 5) is 27.9. The largest absolute Gasteiger partial charge is 0.457 e. The van der Waals surface area contributed by atoms with Crippen molar-refractivity contribution < 1.29 is 42.8 Å². The minimum atomic E-state index is -2.25. The average molecular weight is 951 g/mol. The molecule has 0 bridgehead atoms. The first-order valence-electron chi connectivity index (χ1n) is 26.3. The highest BCUT2D eigenvalue weighted by Crippen LogP contribution is 2.37. The Morgan fingerprint density at radius 3 is 1.85 bits per heavy atom. The first kappa shape index (κ1) is 59.5. The van der Waals surface area contributed by atoms with Crippen LogP contribution in [0.15, 0.2) is 30.3 Å². The van der Waals surface area contributed by atoms with E-state index in [1.807, 2.05) is 30.3 Å². The highest BCUT2D eigenvalue weighted by molar-refractivity contribution is 6.76. The molecule has 12 heteroatoms. The van der Waals surface area contributed by atoms with Crippen LogP contribution < -0.4 is 5.32 Å². The Labute approximate surface area is 400 Å². The molecule has 0 radical (unpaired) electrons. The van der Waals surface area contributed by atoms with Crippen molar-refractivity contribution in [1.82, 2.24) is 5.32 Å². The zero-order valence-electron chi connectivity index (χ0n) is 43.4. The molecule has 1 aromatic carbocycles. The van der Waals surface area contributed by atoms with Crippen LogP contribution in [0.4, 0.5) is 0 Å². The molecule has 1 aliphatic heterocycles. The molecule has 2 rings (SSSR count). The molecule has 1 amide bonds. The van der Waals surface area contributed by atoms with E-state index >= 15 is 0 Å². The van der Waals surface area contributed by atoms with E-state index in [1.54, 1.807) is 0 Å². The van der Waals surface area contributed by atoms with Gasteiger partial charge >= 0.3 is 5.97 Å². The number of hydrogen-bond acceptors (Lipinski definition) is 9. The van der Waals surface area contributed by atoms with Crippen LogP contribution >= 0.6 is 0 Å². The fourth-order valence-corrected chi connectivity index (χ4v) is 9.62. The zero-order chi connectivity index (χ0) is 48.0. The van der Waals surface area contributed by atoms with Gasteiger partial charge in [0.2, 0.25) is 5.91 Å². The van der Waals surface area contributed by atoms with Crippen molar-refractivity contribution in [3.63, 3.8) is 0 Å². The van der Waals surface area contributed by atoms with E-state index in [1.165, 1.54) is 96.3 Å². The third-order valence-corrected chi connectivity index (χ3v) is 19.6. The van der Waals surface area contributed by atoms with Crippen LogP contribution in [0, 0.1) is 0 Å². The van der Waals surface area contributed by atoms with Crippen molar-refractivity contribution in [3.8, 4) is 0 Å². The van der Waals surface area contributed by atoms with Gasteiger partial charge in [0, 0.05) is 21.1 Å². The summed E-state index contributed by atoms with van der Waals surface area (Å²) >= 11 is 0. The van der Waals surface area contributed by atoms with Crippen molar-refractivity contribution >= 4 is 28.3 Å². The van der Waals surface area contributed by atoms with E-state index < -0.39 is 53.0 Å². The van der Waals surface area contributed by atoms with Gasteiger partial charge in [0.15, 0.2) is 20.7 Å². The lowest BCUT2D eigenvalue weighted by Crippen LogP contribution is -2.66. The number of carbonyl (C=O) groups excluding carboxylic acids is 2. The third kappa shape index (κ3) is 27.2. The molecule has 0 aliphatic carbocycles. The summed E-state index contributed by atoms with van der Waals surface area (Å²) in [6.45, 7) is 23.3. The summed E-state index contributed by atoms with van der Waals surface area (Å²) in [5.74, 6) is -0.691. The second-order valence-corrected chi connectivity index (χ2v) is 32.1. The van der Waals surface area contributed by atoms with Crippen LogP contribution in [0.25, 0.3) is 0 Å². The molecular formula is C53H99NO9Si2. The Balaban J connectivity index is 2.25. The van der Waals surface area contributed by atoms with E-state index in [4.69, 9.17) is 28.1 Å². The van der Waals surface area contributed by atoms with Gasteiger partial charge in [-0.25, -0.2) is 0 Å². The molecule has 0 saturated carbocycles. The van der Waals surface area contributed by atoms with Crippen molar-refractivity contribution in [2.24, 2.45) is 0 Å². The lowest BCUT2D eigenvalue weighted by Gasteiger charge is -2.45. The number of rotatable bonds is 38. The molecule has 0 unspecified atom stereocenters. The normalized spacial score (nSPS) is 19.9. The Hall–Kier alpha value is -1.65. The maximum Gasteiger partial charge on any atom is 0.306 e. The Morgan fingerprint density at radius 1 is 0.769 bits per heavy atom. The van der Waals surface area contributed by atoms with Crippen LogP contribution in [0.1, 0.15) is 188 Å². The zero-order valence-corrected chi connectivity index (χ0v) is 45.4. The minimum absolute atomic E-state index is 0.0704. The van der Waals surface area contributed by atoms with Crippen LogP contribution in [-0.2, 0) is 44.3 Å². The summed E-state index contributed by atoms with van der Waals surface area (Å²) in [5.41, 5.74) is 0.926. The van der Waals surface area contributed by atoms with Crippen LogP contribution in [0.3, 0.4) is 0 Å². The summed E-state index contributed by atoms with van der Waals surface area (Å²) in [6, 6.07) is 9.83. The molecule has 1 aromatic rings. The standard InChI is InChI=1S/C53H99NO9Si2/c1-11-13-15-17-19-21-22-24-26-28-33-37-48(56)63-51-49(52(59-41-44-34-30-29-31-35-44)62-46(50(51)57)42-61-65(9,10)53(3,4)5)54-47(55)40-45(60-43-58-38-39-64(6,7)8)36-32-27-25-23-20-18-16-14-12-2/h29-31,34-35,45-46,49-52,57H,11-28,32-33,36-43H2,1-10H3,(H,54,55)/t45-,46-,49-,50-,51-,52-/m1/s1. The predicted molar refractivity (Wildman–Crippen MR) is 272 cm³/mol. The molecule has 378 valence electrons. The SMILES string of the molecule is CCCCCCCCCCCCCC(=O)O[C@H]1[C@H](O)[C@@H](CO[Si](C)(C)C(C)(C)C)O[C@@H](OCc2ccccc2)[C@@H]1NC(=O)C[C@@H](CCCCCCCCCCC)OCOCC[Si](C)(C)C. The van der Waals surface area contributed by atoms with Crippen LogP contribution in [-0.4, -0.2) is 90.1 Å². The maximum absolute atomic E-state index is 14.2. The molecule has 1 fully saturated rings. The molecule has 1 saturated heterocycles. The molecule has 0 aromatic heterocycles. The van der Waals surface area contributed by atoms with E-state index in [9.17, 15) is 14.7 Å². The lowest BCUT2D eigenvalue weighted by atomic mass is 9.96. The molecule has 6 atom stereocenters. The van der Waals surface area contributed by atoms with Crippen molar-refractivity contribution in [2.45, 2.75) is 269 Å². The number of aliphatic hydroxyl groups excluding tert-OH is 1. The summed E-state index contributed by atoms with van der Waals surface area (Å²) in [6.07, 6.45) is 20.2. The van der Waals surface area contributed by atoms with E-state index in [2.05, 4.69) is 72.7 Å².